The van der Waals surface area contributed by atoms with Crippen LogP contribution in [-0.2, 0) is 0 Å². The molecule has 0 spiro atoms. The number of benzene rings is 1. The van der Waals surface area contributed by atoms with E-state index in [1.807, 2.05) is 31.2 Å². The van der Waals surface area contributed by atoms with Gasteiger partial charge in [0.1, 0.15) is 24.2 Å². The van der Waals surface area contributed by atoms with Crippen LogP contribution in [0.2, 0.25) is 0 Å². The van der Waals surface area contributed by atoms with Crippen LogP contribution < -0.4 is 14.8 Å². The average Bonchev–Trinajstić information content (AvgIpc) is 2.42. The maximum Gasteiger partial charge on any atom is 0.119 e. The Morgan fingerprint density at radius 1 is 1.33 bits per heavy atom. The van der Waals surface area contributed by atoms with Crippen molar-refractivity contribution in [2.45, 2.75) is 19.1 Å². The second-order valence-corrected chi connectivity index (χ2v) is 4.07. The highest BCUT2D eigenvalue weighted by Gasteiger charge is 2.06. The molecule has 1 aromatic rings. The van der Waals surface area contributed by atoms with Crippen LogP contribution in [-0.4, -0.2) is 37.5 Å². The lowest BCUT2D eigenvalue weighted by Gasteiger charge is -2.15. The number of hydrogen-bond acceptors (Lipinski definition) is 4. The number of ether oxygens (including phenoxy) is 2. The predicted octanol–water partition coefficient (Wildman–Crippen LogP) is 1.60. The van der Waals surface area contributed by atoms with Crippen molar-refractivity contribution < 1.29 is 14.6 Å². The Hall–Kier alpha value is -1.52. The van der Waals surface area contributed by atoms with Gasteiger partial charge in [-0.3, -0.25) is 0 Å². The second-order valence-electron chi connectivity index (χ2n) is 4.07. The lowest BCUT2D eigenvalue weighted by molar-refractivity contribution is 0.105. The van der Waals surface area contributed by atoms with Crippen LogP contribution in [0.25, 0.3) is 0 Å². The normalized spacial score (nSPS) is 13.7. The van der Waals surface area contributed by atoms with Crippen molar-refractivity contribution in [3.05, 3.63) is 36.9 Å². The fraction of sp³-hybridized carbons (Fsp3) is 0.429. The van der Waals surface area contributed by atoms with Gasteiger partial charge in [-0.25, -0.2) is 0 Å². The molecule has 2 N–H and O–H groups in total. The highest BCUT2D eigenvalue weighted by molar-refractivity contribution is 5.31. The van der Waals surface area contributed by atoms with Crippen LogP contribution in [0.5, 0.6) is 11.5 Å². The van der Waals surface area contributed by atoms with Gasteiger partial charge in [-0.05, 0) is 31.2 Å². The summed E-state index contributed by atoms with van der Waals surface area (Å²) in [6, 6.07) is 7.44. The number of hydrogen-bond donors (Lipinski definition) is 2. The van der Waals surface area contributed by atoms with Gasteiger partial charge in [0, 0.05) is 12.6 Å². The highest BCUT2D eigenvalue weighted by atomic mass is 16.5. The third-order valence-electron chi connectivity index (χ3n) is 2.53. The number of aliphatic hydroxyl groups excluding tert-OH is 1. The van der Waals surface area contributed by atoms with Gasteiger partial charge in [0.25, 0.3) is 0 Å². The maximum absolute atomic E-state index is 9.71. The molecule has 4 nitrogen and oxygen atoms in total. The minimum absolute atomic E-state index is 0.181. The Morgan fingerprint density at radius 3 is 2.50 bits per heavy atom. The first-order chi connectivity index (χ1) is 8.65. The van der Waals surface area contributed by atoms with Crippen LogP contribution in [0, 0.1) is 0 Å². The van der Waals surface area contributed by atoms with E-state index in [0.717, 1.165) is 5.75 Å². The monoisotopic (exact) mass is 251 g/mol. The molecule has 0 heterocycles. The van der Waals surface area contributed by atoms with E-state index in [4.69, 9.17) is 9.47 Å². The van der Waals surface area contributed by atoms with E-state index < -0.39 is 6.10 Å². The number of rotatable bonds is 8. The van der Waals surface area contributed by atoms with E-state index in [0.29, 0.717) is 12.3 Å². The predicted molar refractivity (Wildman–Crippen MR) is 72.2 cm³/mol. The van der Waals surface area contributed by atoms with Gasteiger partial charge in [-0.1, -0.05) is 6.08 Å². The molecule has 4 heteroatoms. The summed E-state index contributed by atoms with van der Waals surface area (Å²) in [6.45, 7) is 6.37. The van der Waals surface area contributed by atoms with E-state index in [1.54, 1.807) is 13.2 Å². The summed E-state index contributed by atoms with van der Waals surface area (Å²) in [5, 5.41) is 12.8. The average molecular weight is 251 g/mol. The largest absolute Gasteiger partial charge is 0.497 e. The third kappa shape index (κ3) is 5.21. The molecule has 0 saturated carbocycles. The van der Waals surface area contributed by atoms with Crippen LogP contribution in [0.15, 0.2) is 36.9 Å². The first-order valence-corrected chi connectivity index (χ1v) is 5.96. The molecule has 0 saturated heterocycles. The van der Waals surface area contributed by atoms with E-state index in [-0.39, 0.29) is 12.6 Å². The van der Waals surface area contributed by atoms with Gasteiger partial charge in [-0.15, -0.1) is 6.58 Å². The summed E-state index contributed by atoms with van der Waals surface area (Å²) in [6.07, 6.45) is 1.24. The minimum atomic E-state index is -0.547. The molecule has 0 aromatic heterocycles. The minimum Gasteiger partial charge on any atom is -0.497 e. The van der Waals surface area contributed by atoms with Crippen LogP contribution in [0.4, 0.5) is 0 Å². The van der Waals surface area contributed by atoms with Crippen molar-refractivity contribution in [3.8, 4) is 11.5 Å². The Balaban J connectivity index is 2.28. The molecule has 0 radical (unpaired) electrons. The highest BCUT2D eigenvalue weighted by Crippen LogP contribution is 2.16. The van der Waals surface area contributed by atoms with Gasteiger partial charge < -0.3 is 19.9 Å². The number of aliphatic hydroxyl groups is 1. The van der Waals surface area contributed by atoms with Gasteiger partial charge >= 0.3 is 0 Å². The SMILES string of the molecule is C=CC(C)NCC(O)COc1ccc(OC)cc1. The fourth-order valence-electron chi connectivity index (χ4n) is 1.33. The zero-order valence-electron chi connectivity index (χ0n) is 10.9. The standard InChI is InChI=1S/C14H21NO3/c1-4-11(2)15-9-12(16)10-18-14-7-5-13(17-3)6-8-14/h4-8,11-12,15-16H,1,9-10H2,2-3H3. The van der Waals surface area contributed by atoms with Gasteiger partial charge in [0.05, 0.1) is 7.11 Å². The van der Waals surface area contributed by atoms with Crippen molar-refractivity contribution in [2.75, 3.05) is 20.3 Å². The summed E-state index contributed by atoms with van der Waals surface area (Å²) in [5.41, 5.74) is 0. The lowest BCUT2D eigenvalue weighted by atomic mass is 10.3. The quantitative estimate of drug-likeness (QED) is 0.689. The molecule has 100 valence electrons. The fourth-order valence-corrected chi connectivity index (χ4v) is 1.33. The molecule has 0 fully saturated rings. The summed E-state index contributed by atoms with van der Waals surface area (Å²) >= 11 is 0. The van der Waals surface area contributed by atoms with Gasteiger partial charge in [0.2, 0.25) is 0 Å². The Labute approximate surface area is 108 Å². The molecule has 0 aliphatic heterocycles. The topological polar surface area (TPSA) is 50.7 Å². The van der Waals surface area contributed by atoms with E-state index >= 15 is 0 Å². The van der Waals surface area contributed by atoms with Crippen molar-refractivity contribution in [1.29, 1.82) is 0 Å². The van der Waals surface area contributed by atoms with E-state index in [2.05, 4.69) is 11.9 Å². The summed E-state index contributed by atoms with van der Waals surface area (Å²) in [4.78, 5) is 0. The zero-order chi connectivity index (χ0) is 13.4. The molecule has 0 aliphatic rings. The Kier molecular flexibility index (Phi) is 6.25. The molecule has 2 atom stereocenters. The van der Waals surface area contributed by atoms with E-state index in [9.17, 15) is 5.11 Å². The van der Waals surface area contributed by atoms with Crippen LogP contribution in [0.3, 0.4) is 0 Å². The Morgan fingerprint density at radius 2 is 1.94 bits per heavy atom. The zero-order valence-corrected chi connectivity index (χ0v) is 10.9. The second kappa shape index (κ2) is 7.74. The number of nitrogens with one attached hydrogen (secondary N) is 1. The molecule has 2 unspecified atom stereocenters. The summed E-state index contributed by atoms with van der Waals surface area (Å²) in [5.74, 6) is 1.50. The first kappa shape index (κ1) is 14.5. The van der Waals surface area contributed by atoms with Crippen molar-refractivity contribution >= 4 is 0 Å². The van der Waals surface area contributed by atoms with Crippen molar-refractivity contribution in [3.63, 3.8) is 0 Å². The van der Waals surface area contributed by atoms with Gasteiger partial charge in [0.15, 0.2) is 0 Å². The maximum atomic E-state index is 9.71. The molecular weight excluding hydrogens is 230 g/mol. The Bertz CT molecular complexity index is 351. The molecular formula is C14H21NO3. The van der Waals surface area contributed by atoms with Crippen LogP contribution in [0.1, 0.15) is 6.92 Å². The third-order valence-corrected chi connectivity index (χ3v) is 2.53. The lowest BCUT2D eigenvalue weighted by Crippen LogP contribution is -2.35. The van der Waals surface area contributed by atoms with Crippen molar-refractivity contribution in [1.82, 2.24) is 5.32 Å². The van der Waals surface area contributed by atoms with Gasteiger partial charge in [-0.2, -0.15) is 0 Å². The molecule has 1 rings (SSSR count). The number of methoxy groups -OCH3 is 1. The molecule has 0 amide bonds. The van der Waals surface area contributed by atoms with E-state index in [1.165, 1.54) is 0 Å². The molecule has 18 heavy (non-hydrogen) atoms. The molecule has 1 aromatic carbocycles. The van der Waals surface area contributed by atoms with Crippen LogP contribution >= 0.6 is 0 Å². The van der Waals surface area contributed by atoms with Crippen molar-refractivity contribution in [2.24, 2.45) is 0 Å². The smallest absolute Gasteiger partial charge is 0.119 e. The summed E-state index contributed by atoms with van der Waals surface area (Å²) < 4.78 is 10.5. The first-order valence-electron chi connectivity index (χ1n) is 5.96. The molecule has 0 bridgehead atoms. The summed E-state index contributed by atoms with van der Waals surface area (Å²) in [7, 11) is 1.62. The molecule has 0 aliphatic carbocycles.